The van der Waals surface area contributed by atoms with Crippen LogP contribution < -0.4 is 23.7 Å². The van der Waals surface area contributed by atoms with E-state index >= 15 is 0 Å². The Morgan fingerprint density at radius 2 is 1.67 bits per heavy atom. The van der Waals surface area contributed by atoms with E-state index in [1.54, 1.807) is 21.3 Å². The summed E-state index contributed by atoms with van der Waals surface area (Å²) in [5.41, 5.74) is 2.06. The molecule has 0 fully saturated rings. The summed E-state index contributed by atoms with van der Waals surface area (Å²) in [4.78, 5) is 0. The van der Waals surface area contributed by atoms with Crippen molar-refractivity contribution in [2.75, 3.05) is 28.1 Å². The average Bonchev–Trinajstić information content (AvgIpc) is 3.14. The molecule has 6 heteroatoms. The predicted octanol–water partition coefficient (Wildman–Crippen LogP) is 3.96. The van der Waals surface area contributed by atoms with Crippen LogP contribution in [0.5, 0.6) is 28.7 Å². The molecule has 0 N–H and O–H groups in total. The van der Waals surface area contributed by atoms with Gasteiger partial charge in [0, 0.05) is 49.1 Å². The molecule has 0 bridgehead atoms. The van der Waals surface area contributed by atoms with Crippen molar-refractivity contribution in [2.45, 2.75) is 25.6 Å². The second-order valence-corrected chi connectivity index (χ2v) is 6.94. The largest absolute Gasteiger partial charge is 0.497 e. The van der Waals surface area contributed by atoms with Crippen LogP contribution in [0.3, 0.4) is 0 Å². The summed E-state index contributed by atoms with van der Waals surface area (Å²) in [5, 5.41) is 0. The van der Waals surface area contributed by atoms with Gasteiger partial charge in [0.25, 0.3) is 0 Å². The Kier molecular flexibility index (Phi) is 4.30. The molecular formula is C21H24O6. The lowest BCUT2D eigenvalue weighted by atomic mass is 9.75. The van der Waals surface area contributed by atoms with Gasteiger partial charge in [0.15, 0.2) is 11.5 Å². The third kappa shape index (κ3) is 2.75. The number of hydrogen-bond acceptors (Lipinski definition) is 6. The Bertz CT molecular complexity index is 864. The van der Waals surface area contributed by atoms with Gasteiger partial charge in [0.05, 0.1) is 14.2 Å². The first-order valence-corrected chi connectivity index (χ1v) is 8.90. The quantitative estimate of drug-likeness (QED) is 0.810. The van der Waals surface area contributed by atoms with Gasteiger partial charge in [0.1, 0.15) is 17.2 Å². The Morgan fingerprint density at radius 1 is 0.926 bits per heavy atom. The highest BCUT2D eigenvalue weighted by Crippen LogP contribution is 2.53. The standard InChI is InChI=1S/C21H24O6/c1-12-20(14-7-6-13(22-3)8-16(14)23-4)15-9-18-19(26-11-25-18)10-17(15)27-21(12,2)24-5/h6-10,12,20H,11H2,1-5H3. The molecule has 2 aromatic rings. The van der Waals surface area contributed by atoms with Crippen molar-refractivity contribution < 1.29 is 28.4 Å². The molecule has 0 radical (unpaired) electrons. The van der Waals surface area contributed by atoms with E-state index in [9.17, 15) is 0 Å². The summed E-state index contributed by atoms with van der Waals surface area (Å²) in [6.45, 7) is 4.28. The van der Waals surface area contributed by atoms with Crippen molar-refractivity contribution >= 4 is 0 Å². The van der Waals surface area contributed by atoms with Crippen molar-refractivity contribution in [3.63, 3.8) is 0 Å². The van der Waals surface area contributed by atoms with Crippen LogP contribution in [0.4, 0.5) is 0 Å². The molecule has 0 aromatic heterocycles. The number of ether oxygens (including phenoxy) is 6. The maximum atomic E-state index is 6.25. The van der Waals surface area contributed by atoms with E-state index in [-0.39, 0.29) is 18.6 Å². The molecule has 0 aliphatic carbocycles. The van der Waals surface area contributed by atoms with Gasteiger partial charge >= 0.3 is 0 Å². The zero-order valence-electron chi connectivity index (χ0n) is 16.2. The first-order valence-electron chi connectivity index (χ1n) is 8.90. The molecule has 2 heterocycles. The molecule has 27 heavy (non-hydrogen) atoms. The number of fused-ring (bicyclic) bond motifs is 2. The normalized spacial score (nSPS) is 25.5. The first-order chi connectivity index (χ1) is 13.0. The Balaban J connectivity index is 1.91. The summed E-state index contributed by atoms with van der Waals surface area (Å²) in [6.07, 6.45) is 0. The van der Waals surface area contributed by atoms with Crippen LogP contribution in [0.25, 0.3) is 0 Å². The van der Waals surface area contributed by atoms with E-state index in [4.69, 9.17) is 28.4 Å². The maximum absolute atomic E-state index is 6.25. The summed E-state index contributed by atoms with van der Waals surface area (Å²) in [7, 11) is 4.97. The van der Waals surface area contributed by atoms with E-state index in [0.29, 0.717) is 5.75 Å². The topological polar surface area (TPSA) is 55.4 Å². The maximum Gasteiger partial charge on any atom is 0.231 e. The molecule has 3 unspecified atom stereocenters. The Hall–Kier alpha value is -2.60. The third-order valence-corrected chi connectivity index (χ3v) is 5.66. The minimum atomic E-state index is -0.795. The molecule has 2 aliphatic rings. The van der Waals surface area contributed by atoms with Gasteiger partial charge in [-0.1, -0.05) is 13.0 Å². The van der Waals surface area contributed by atoms with Gasteiger partial charge in [-0.3, -0.25) is 0 Å². The third-order valence-electron chi connectivity index (χ3n) is 5.66. The molecule has 0 saturated carbocycles. The molecule has 0 spiro atoms. The van der Waals surface area contributed by atoms with Crippen LogP contribution in [0.2, 0.25) is 0 Å². The minimum Gasteiger partial charge on any atom is -0.497 e. The molecule has 2 aromatic carbocycles. The second kappa shape index (κ2) is 6.53. The fraction of sp³-hybridized carbons (Fsp3) is 0.429. The van der Waals surface area contributed by atoms with Crippen LogP contribution in [0.15, 0.2) is 30.3 Å². The minimum absolute atomic E-state index is 0.0117. The van der Waals surface area contributed by atoms with Crippen molar-refractivity contribution in [1.29, 1.82) is 0 Å². The highest BCUT2D eigenvalue weighted by Gasteiger charge is 2.47. The van der Waals surface area contributed by atoms with Gasteiger partial charge in [-0.05, 0) is 12.1 Å². The van der Waals surface area contributed by atoms with E-state index in [0.717, 1.165) is 34.1 Å². The lowest BCUT2D eigenvalue weighted by Crippen LogP contribution is -2.47. The fourth-order valence-corrected chi connectivity index (χ4v) is 3.89. The lowest BCUT2D eigenvalue weighted by molar-refractivity contribution is -0.194. The van der Waals surface area contributed by atoms with Gasteiger partial charge in [-0.2, -0.15) is 0 Å². The zero-order chi connectivity index (χ0) is 19.2. The van der Waals surface area contributed by atoms with Crippen molar-refractivity contribution in [2.24, 2.45) is 5.92 Å². The van der Waals surface area contributed by atoms with E-state index < -0.39 is 5.79 Å². The van der Waals surface area contributed by atoms with Crippen LogP contribution in [0, 0.1) is 5.92 Å². The van der Waals surface area contributed by atoms with Crippen LogP contribution in [0.1, 0.15) is 30.9 Å². The van der Waals surface area contributed by atoms with Gasteiger partial charge in [-0.25, -0.2) is 0 Å². The van der Waals surface area contributed by atoms with E-state index in [1.807, 2.05) is 37.3 Å². The van der Waals surface area contributed by atoms with Crippen molar-refractivity contribution in [3.05, 3.63) is 41.5 Å². The summed E-state index contributed by atoms with van der Waals surface area (Å²) >= 11 is 0. The summed E-state index contributed by atoms with van der Waals surface area (Å²) in [6, 6.07) is 9.75. The Labute approximate surface area is 158 Å². The number of benzene rings is 2. The van der Waals surface area contributed by atoms with Crippen LogP contribution in [-0.2, 0) is 4.74 Å². The number of hydrogen-bond donors (Lipinski definition) is 0. The number of methoxy groups -OCH3 is 3. The van der Waals surface area contributed by atoms with Gasteiger partial charge in [-0.15, -0.1) is 0 Å². The van der Waals surface area contributed by atoms with Gasteiger partial charge < -0.3 is 28.4 Å². The molecule has 2 aliphatic heterocycles. The highest BCUT2D eigenvalue weighted by molar-refractivity contribution is 5.58. The lowest BCUT2D eigenvalue weighted by Gasteiger charge is -2.44. The Morgan fingerprint density at radius 3 is 2.33 bits per heavy atom. The summed E-state index contributed by atoms with van der Waals surface area (Å²) in [5.74, 6) is 2.84. The SMILES string of the molecule is COc1ccc(C2c3cc4c(cc3OC(C)(OC)C2C)OCO4)c(OC)c1. The fourth-order valence-electron chi connectivity index (χ4n) is 3.89. The molecular weight excluding hydrogens is 348 g/mol. The second-order valence-electron chi connectivity index (χ2n) is 6.94. The van der Waals surface area contributed by atoms with Crippen LogP contribution in [-0.4, -0.2) is 33.9 Å². The van der Waals surface area contributed by atoms with Crippen LogP contribution >= 0.6 is 0 Å². The van der Waals surface area contributed by atoms with Gasteiger partial charge in [0.2, 0.25) is 12.6 Å². The number of rotatable bonds is 4. The monoisotopic (exact) mass is 372 g/mol. The zero-order valence-corrected chi connectivity index (χ0v) is 16.2. The van der Waals surface area contributed by atoms with E-state index in [1.165, 1.54) is 0 Å². The molecule has 0 saturated heterocycles. The smallest absolute Gasteiger partial charge is 0.231 e. The predicted molar refractivity (Wildman–Crippen MR) is 99.2 cm³/mol. The molecule has 6 nitrogen and oxygen atoms in total. The highest BCUT2D eigenvalue weighted by atomic mass is 16.7. The molecule has 144 valence electrons. The average molecular weight is 372 g/mol. The molecule has 0 amide bonds. The van der Waals surface area contributed by atoms with E-state index in [2.05, 4.69) is 6.92 Å². The van der Waals surface area contributed by atoms with Crippen molar-refractivity contribution in [3.8, 4) is 28.7 Å². The molecule has 3 atom stereocenters. The summed E-state index contributed by atoms with van der Waals surface area (Å²) < 4.78 is 34.2. The molecule has 4 rings (SSSR count). The first kappa shape index (κ1) is 17.8. The van der Waals surface area contributed by atoms with Crippen molar-refractivity contribution in [1.82, 2.24) is 0 Å².